The maximum Gasteiger partial charge on any atom is 0.307 e. The molecule has 0 aliphatic heterocycles. The molecule has 14 heavy (non-hydrogen) atoms. The van der Waals surface area contributed by atoms with Gasteiger partial charge in [0.2, 0.25) is 0 Å². The molecular formula is C7H9N3O3S. The highest BCUT2D eigenvalue weighted by atomic mass is 32.1. The van der Waals surface area contributed by atoms with Crippen LogP contribution in [0.2, 0.25) is 0 Å². The van der Waals surface area contributed by atoms with Crippen molar-refractivity contribution in [2.45, 2.75) is 6.42 Å². The standard InChI is InChI=1S/C7H9N3O3S/c1-13-6(11)2-3-8-7(12)5-4-9-10-14-5/h4H,2-3H2,1H3,(H,8,12). The monoisotopic (exact) mass is 215 g/mol. The number of carbonyl (C=O) groups excluding carboxylic acids is 2. The molecule has 0 spiro atoms. The number of nitrogens with one attached hydrogen (secondary N) is 1. The van der Waals surface area contributed by atoms with E-state index in [1.165, 1.54) is 13.3 Å². The van der Waals surface area contributed by atoms with Gasteiger partial charge < -0.3 is 10.1 Å². The number of hydrogen-bond donors (Lipinski definition) is 1. The molecule has 0 fully saturated rings. The number of aromatic nitrogens is 2. The fraction of sp³-hybridized carbons (Fsp3) is 0.429. The van der Waals surface area contributed by atoms with E-state index in [1.54, 1.807) is 0 Å². The maximum absolute atomic E-state index is 11.2. The van der Waals surface area contributed by atoms with Crippen LogP contribution < -0.4 is 5.32 Å². The third-order valence-electron chi connectivity index (χ3n) is 1.43. The molecule has 0 unspecified atom stereocenters. The maximum atomic E-state index is 11.2. The number of amides is 1. The van der Waals surface area contributed by atoms with Gasteiger partial charge in [-0.2, -0.15) is 0 Å². The lowest BCUT2D eigenvalue weighted by atomic mass is 10.4. The quantitative estimate of drug-likeness (QED) is 0.705. The van der Waals surface area contributed by atoms with Gasteiger partial charge in [0.15, 0.2) is 0 Å². The van der Waals surface area contributed by atoms with Gasteiger partial charge in [-0.15, -0.1) is 5.10 Å². The zero-order valence-electron chi connectivity index (χ0n) is 7.52. The van der Waals surface area contributed by atoms with Gasteiger partial charge in [0.1, 0.15) is 4.88 Å². The number of ether oxygens (including phenoxy) is 1. The molecule has 0 aliphatic carbocycles. The Morgan fingerprint density at radius 2 is 2.43 bits per heavy atom. The van der Waals surface area contributed by atoms with Crippen LogP contribution in [-0.2, 0) is 9.53 Å². The third kappa shape index (κ3) is 3.09. The molecule has 6 nitrogen and oxygen atoms in total. The van der Waals surface area contributed by atoms with Crippen molar-refractivity contribution in [3.05, 3.63) is 11.1 Å². The van der Waals surface area contributed by atoms with Crippen molar-refractivity contribution in [2.75, 3.05) is 13.7 Å². The zero-order chi connectivity index (χ0) is 10.4. The first-order valence-electron chi connectivity index (χ1n) is 3.86. The topological polar surface area (TPSA) is 81.2 Å². The highest BCUT2D eigenvalue weighted by molar-refractivity contribution is 7.07. The fourth-order valence-corrected chi connectivity index (χ4v) is 1.17. The lowest BCUT2D eigenvalue weighted by Gasteiger charge is -2.00. The van der Waals surface area contributed by atoms with Crippen molar-refractivity contribution < 1.29 is 14.3 Å². The van der Waals surface area contributed by atoms with Gasteiger partial charge in [0.05, 0.1) is 19.7 Å². The van der Waals surface area contributed by atoms with Gasteiger partial charge >= 0.3 is 5.97 Å². The predicted octanol–water partition coefficient (Wildman–Crippen LogP) is -0.169. The van der Waals surface area contributed by atoms with Gasteiger partial charge in [0.25, 0.3) is 5.91 Å². The van der Waals surface area contributed by atoms with Crippen molar-refractivity contribution in [1.29, 1.82) is 0 Å². The Morgan fingerprint density at radius 1 is 1.64 bits per heavy atom. The molecule has 0 aliphatic rings. The van der Waals surface area contributed by atoms with Gasteiger partial charge in [-0.3, -0.25) is 9.59 Å². The number of hydrogen-bond acceptors (Lipinski definition) is 6. The molecule has 0 aromatic carbocycles. The average molecular weight is 215 g/mol. The summed E-state index contributed by atoms with van der Waals surface area (Å²) in [6.45, 7) is 0.253. The molecule has 1 aromatic rings. The molecule has 1 aromatic heterocycles. The van der Waals surface area contributed by atoms with Crippen LogP contribution in [0.1, 0.15) is 16.1 Å². The smallest absolute Gasteiger partial charge is 0.307 e. The van der Waals surface area contributed by atoms with Crippen molar-refractivity contribution >= 4 is 23.4 Å². The second kappa shape index (κ2) is 5.28. The van der Waals surface area contributed by atoms with Crippen LogP contribution >= 0.6 is 11.5 Å². The molecule has 1 heterocycles. The first-order chi connectivity index (χ1) is 6.74. The van der Waals surface area contributed by atoms with E-state index in [-0.39, 0.29) is 24.8 Å². The molecule has 0 radical (unpaired) electrons. The lowest BCUT2D eigenvalue weighted by Crippen LogP contribution is -2.25. The van der Waals surface area contributed by atoms with Crippen molar-refractivity contribution in [2.24, 2.45) is 0 Å². The van der Waals surface area contributed by atoms with Crippen molar-refractivity contribution in [3.8, 4) is 0 Å². The first-order valence-corrected chi connectivity index (χ1v) is 4.63. The van der Waals surface area contributed by atoms with Crippen LogP contribution in [0.5, 0.6) is 0 Å². The average Bonchev–Trinajstić information content (AvgIpc) is 2.70. The third-order valence-corrected chi connectivity index (χ3v) is 2.09. The van der Waals surface area contributed by atoms with E-state index in [9.17, 15) is 9.59 Å². The van der Waals surface area contributed by atoms with E-state index in [0.717, 1.165) is 11.5 Å². The minimum absolute atomic E-state index is 0.161. The second-order valence-electron chi connectivity index (χ2n) is 2.36. The van der Waals surface area contributed by atoms with Gasteiger partial charge in [-0.1, -0.05) is 4.49 Å². The minimum Gasteiger partial charge on any atom is -0.469 e. The molecule has 1 amide bonds. The zero-order valence-corrected chi connectivity index (χ0v) is 8.34. The van der Waals surface area contributed by atoms with E-state index in [1.807, 2.05) is 0 Å². The second-order valence-corrected chi connectivity index (χ2v) is 3.15. The van der Waals surface area contributed by atoms with Crippen LogP contribution in [-0.4, -0.2) is 35.1 Å². The summed E-state index contributed by atoms with van der Waals surface area (Å²) in [6.07, 6.45) is 1.53. The normalized spacial score (nSPS) is 9.50. The highest BCUT2D eigenvalue weighted by Crippen LogP contribution is 2.00. The number of rotatable bonds is 4. The summed E-state index contributed by atoms with van der Waals surface area (Å²) in [5, 5.41) is 6.06. The minimum atomic E-state index is -0.354. The molecule has 0 bridgehead atoms. The van der Waals surface area contributed by atoms with E-state index in [0.29, 0.717) is 4.88 Å². The SMILES string of the molecule is COC(=O)CCNC(=O)c1cnns1. The molecule has 0 atom stereocenters. The number of nitrogens with zero attached hydrogens (tertiary/aromatic N) is 2. The highest BCUT2D eigenvalue weighted by Gasteiger charge is 2.08. The van der Waals surface area contributed by atoms with Crippen molar-refractivity contribution in [1.82, 2.24) is 14.9 Å². The van der Waals surface area contributed by atoms with Crippen LogP contribution in [0.25, 0.3) is 0 Å². The summed E-state index contributed by atoms with van der Waals surface area (Å²) >= 11 is 1.01. The number of carbonyl (C=O) groups is 2. The van der Waals surface area contributed by atoms with Crippen LogP contribution in [0.15, 0.2) is 6.20 Å². The van der Waals surface area contributed by atoms with Crippen LogP contribution in [0.3, 0.4) is 0 Å². The van der Waals surface area contributed by atoms with E-state index in [2.05, 4.69) is 19.6 Å². The largest absolute Gasteiger partial charge is 0.469 e. The molecule has 1 N–H and O–H groups in total. The van der Waals surface area contributed by atoms with Crippen molar-refractivity contribution in [3.63, 3.8) is 0 Å². The Morgan fingerprint density at radius 3 is 3.00 bits per heavy atom. The fourth-order valence-electron chi connectivity index (χ4n) is 0.734. The van der Waals surface area contributed by atoms with Gasteiger partial charge in [-0.25, -0.2) is 0 Å². The number of esters is 1. The Balaban J connectivity index is 2.26. The van der Waals surface area contributed by atoms with Gasteiger partial charge in [0, 0.05) is 6.54 Å². The molecule has 76 valence electrons. The summed E-state index contributed by atoms with van der Waals surface area (Å²) in [7, 11) is 1.30. The van der Waals surface area contributed by atoms with E-state index in [4.69, 9.17) is 0 Å². The van der Waals surface area contributed by atoms with E-state index >= 15 is 0 Å². The molecule has 7 heteroatoms. The van der Waals surface area contributed by atoms with E-state index < -0.39 is 0 Å². The summed E-state index contributed by atoms with van der Waals surface area (Å²) in [6, 6.07) is 0. The Labute approximate surface area is 84.4 Å². The molecule has 1 rings (SSSR count). The summed E-state index contributed by atoms with van der Waals surface area (Å²) in [5.74, 6) is -0.628. The summed E-state index contributed by atoms with van der Waals surface area (Å²) in [5.41, 5.74) is 0. The molecule has 0 saturated carbocycles. The van der Waals surface area contributed by atoms with Gasteiger partial charge in [-0.05, 0) is 11.5 Å². The summed E-state index contributed by atoms with van der Waals surface area (Å²) in [4.78, 5) is 22.4. The Kier molecular flexibility index (Phi) is 3.99. The molecule has 0 saturated heterocycles. The predicted molar refractivity (Wildman–Crippen MR) is 48.9 cm³/mol. The Bertz CT molecular complexity index is 312. The van der Waals surface area contributed by atoms with Crippen LogP contribution in [0.4, 0.5) is 0 Å². The number of methoxy groups -OCH3 is 1. The van der Waals surface area contributed by atoms with Crippen LogP contribution in [0, 0.1) is 0 Å². The first kappa shape index (κ1) is 10.6. The molecular weight excluding hydrogens is 206 g/mol. The lowest BCUT2D eigenvalue weighted by molar-refractivity contribution is -0.140. The Hall–Kier alpha value is -1.50. The summed E-state index contributed by atoms with van der Waals surface area (Å²) < 4.78 is 7.95.